The van der Waals surface area contributed by atoms with Gasteiger partial charge in [-0.1, -0.05) is 25.1 Å². The molecule has 0 aliphatic rings. The first-order valence-corrected chi connectivity index (χ1v) is 10.8. The molecule has 0 aromatic heterocycles. The van der Waals surface area contributed by atoms with E-state index < -0.39 is 5.97 Å². The number of methoxy groups -OCH3 is 1. The van der Waals surface area contributed by atoms with E-state index in [9.17, 15) is 4.79 Å². The zero-order chi connectivity index (χ0) is 23.5. The molecule has 0 aliphatic heterocycles. The highest BCUT2D eigenvalue weighted by Crippen LogP contribution is 2.28. The fraction of sp³-hybridized carbons (Fsp3) is 0.160. The Kier molecular flexibility index (Phi) is 8.79. The molecule has 7 nitrogen and oxygen atoms in total. The van der Waals surface area contributed by atoms with E-state index in [-0.39, 0.29) is 0 Å². The van der Waals surface area contributed by atoms with E-state index in [0.29, 0.717) is 34.5 Å². The Morgan fingerprint density at radius 1 is 1.03 bits per heavy atom. The molecule has 0 radical (unpaired) electrons. The molecule has 0 spiro atoms. The van der Waals surface area contributed by atoms with E-state index in [0.717, 1.165) is 17.7 Å². The number of hydrogen-bond donors (Lipinski definition) is 2. The second-order valence-corrected chi connectivity index (χ2v) is 7.27. The Morgan fingerprint density at radius 2 is 1.79 bits per heavy atom. The number of hydrazone groups is 1. The number of anilines is 1. The van der Waals surface area contributed by atoms with E-state index in [1.807, 2.05) is 37.3 Å². The topological polar surface area (TPSA) is 81.2 Å². The smallest absolute Gasteiger partial charge is 0.343 e. The van der Waals surface area contributed by atoms with Crippen LogP contribution in [0.3, 0.4) is 0 Å². The maximum atomic E-state index is 12.5. The first-order valence-electron chi connectivity index (χ1n) is 10.4. The van der Waals surface area contributed by atoms with Crippen molar-refractivity contribution in [3.05, 3.63) is 83.9 Å². The van der Waals surface area contributed by atoms with E-state index in [1.165, 1.54) is 7.11 Å². The largest absolute Gasteiger partial charge is 0.494 e. The Bertz CT molecular complexity index is 1100. The lowest BCUT2D eigenvalue weighted by atomic mass is 10.2. The average molecular weight is 464 g/mol. The van der Waals surface area contributed by atoms with Crippen LogP contribution in [-0.4, -0.2) is 31.0 Å². The summed E-state index contributed by atoms with van der Waals surface area (Å²) in [5.41, 5.74) is 4.77. The standard InChI is InChI=1S/C25H25N3O4S/c1-3-15-31-21-12-10-19(11-13-21)24(29)32-22-14-9-18(16-23(22)30-2)17-26-28-25(33)27-20-7-5-4-6-8-20/h4-14,16-17H,3,15H2,1-2H3,(H2,27,28,33)/b26-17-. The molecule has 33 heavy (non-hydrogen) atoms. The predicted octanol–water partition coefficient (Wildman–Crippen LogP) is 5.02. The summed E-state index contributed by atoms with van der Waals surface area (Å²) in [4.78, 5) is 12.5. The lowest BCUT2D eigenvalue weighted by molar-refractivity contribution is 0.0729. The van der Waals surface area contributed by atoms with E-state index in [4.69, 9.17) is 26.4 Å². The second kappa shape index (κ2) is 12.2. The molecule has 0 aliphatic carbocycles. The van der Waals surface area contributed by atoms with Crippen LogP contribution in [0.1, 0.15) is 29.3 Å². The number of rotatable bonds is 9. The van der Waals surface area contributed by atoms with Crippen LogP contribution in [0.2, 0.25) is 0 Å². The number of hydrogen-bond acceptors (Lipinski definition) is 6. The Morgan fingerprint density at radius 3 is 2.48 bits per heavy atom. The summed E-state index contributed by atoms with van der Waals surface area (Å²) in [6.45, 7) is 2.66. The summed E-state index contributed by atoms with van der Waals surface area (Å²) < 4.78 is 16.4. The lowest BCUT2D eigenvalue weighted by Gasteiger charge is -2.10. The van der Waals surface area contributed by atoms with Gasteiger partial charge in [0.25, 0.3) is 0 Å². The Balaban J connectivity index is 1.59. The highest BCUT2D eigenvalue weighted by atomic mass is 32.1. The van der Waals surface area contributed by atoms with E-state index in [2.05, 4.69) is 15.8 Å². The van der Waals surface area contributed by atoms with Gasteiger partial charge in [0.2, 0.25) is 0 Å². The van der Waals surface area contributed by atoms with Crippen molar-refractivity contribution in [1.29, 1.82) is 0 Å². The molecule has 3 rings (SSSR count). The zero-order valence-electron chi connectivity index (χ0n) is 18.4. The van der Waals surface area contributed by atoms with Gasteiger partial charge in [-0.3, -0.25) is 5.43 Å². The highest BCUT2D eigenvalue weighted by molar-refractivity contribution is 7.80. The number of carbonyl (C=O) groups is 1. The minimum Gasteiger partial charge on any atom is -0.494 e. The first kappa shape index (κ1) is 23.7. The number of ether oxygens (including phenoxy) is 3. The van der Waals surface area contributed by atoms with Crippen molar-refractivity contribution >= 4 is 35.2 Å². The number of esters is 1. The SMILES string of the molecule is CCCOc1ccc(C(=O)Oc2ccc(/C=N\NC(=S)Nc3ccccc3)cc2OC)cc1. The van der Waals surface area contributed by atoms with Gasteiger partial charge in [-0.15, -0.1) is 0 Å². The molecule has 3 aromatic carbocycles. The van der Waals surface area contributed by atoms with Crippen LogP contribution in [0.4, 0.5) is 5.69 Å². The number of nitrogens with one attached hydrogen (secondary N) is 2. The molecule has 0 bridgehead atoms. The molecule has 0 amide bonds. The van der Waals surface area contributed by atoms with Gasteiger partial charge in [0.05, 0.1) is 25.5 Å². The fourth-order valence-corrected chi connectivity index (χ4v) is 2.93. The second-order valence-electron chi connectivity index (χ2n) is 6.86. The average Bonchev–Trinajstić information content (AvgIpc) is 2.84. The molecule has 0 fully saturated rings. The summed E-state index contributed by atoms with van der Waals surface area (Å²) in [5, 5.41) is 7.52. The van der Waals surface area contributed by atoms with Gasteiger partial charge < -0.3 is 19.5 Å². The van der Waals surface area contributed by atoms with E-state index >= 15 is 0 Å². The summed E-state index contributed by atoms with van der Waals surface area (Å²) in [6.07, 6.45) is 2.50. The number of carbonyl (C=O) groups excluding carboxylic acids is 1. The van der Waals surface area contributed by atoms with Crippen molar-refractivity contribution in [2.45, 2.75) is 13.3 Å². The van der Waals surface area contributed by atoms with Crippen LogP contribution in [0.5, 0.6) is 17.2 Å². The molecule has 0 atom stereocenters. The summed E-state index contributed by atoms with van der Waals surface area (Å²) in [7, 11) is 1.50. The van der Waals surface area contributed by atoms with Gasteiger partial charge in [0.1, 0.15) is 5.75 Å². The molecular weight excluding hydrogens is 438 g/mol. The molecule has 0 unspecified atom stereocenters. The van der Waals surface area contributed by atoms with Gasteiger partial charge in [-0.25, -0.2) is 4.79 Å². The molecule has 0 saturated heterocycles. The third-order valence-electron chi connectivity index (χ3n) is 4.36. The molecular formula is C25H25N3O4S. The predicted molar refractivity (Wildman–Crippen MR) is 134 cm³/mol. The molecule has 170 valence electrons. The van der Waals surface area contributed by atoms with Crippen LogP contribution >= 0.6 is 12.2 Å². The lowest BCUT2D eigenvalue weighted by Crippen LogP contribution is -2.23. The van der Waals surface area contributed by atoms with Crippen molar-refractivity contribution in [1.82, 2.24) is 5.43 Å². The molecule has 0 saturated carbocycles. The van der Waals surface area contributed by atoms with Crippen molar-refractivity contribution < 1.29 is 19.0 Å². The maximum absolute atomic E-state index is 12.5. The fourth-order valence-electron chi connectivity index (χ4n) is 2.76. The molecule has 2 N–H and O–H groups in total. The van der Waals surface area contributed by atoms with Crippen molar-refractivity contribution in [3.8, 4) is 17.2 Å². The van der Waals surface area contributed by atoms with Crippen LogP contribution in [0.25, 0.3) is 0 Å². The van der Waals surface area contributed by atoms with Gasteiger partial charge in [0.15, 0.2) is 16.6 Å². The van der Waals surface area contributed by atoms with Crippen LogP contribution in [-0.2, 0) is 0 Å². The summed E-state index contributed by atoms with van der Waals surface area (Å²) in [5.74, 6) is 0.929. The zero-order valence-corrected chi connectivity index (χ0v) is 19.2. The normalized spacial score (nSPS) is 10.5. The third-order valence-corrected chi connectivity index (χ3v) is 4.56. The minimum absolute atomic E-state index is 0.306. The van der Waals surface area contributed by atoms with Gasteiger partial charge in [0, 0.05) is 5.69 Å². The van der Waals surface area contributed by atoms with Gasteiger partial charge in [-0.2, -0.15) is 5.10 Å². The summed E-state index contributed by atoms with van der Waals surface area (Å²) in [6, 6.07) is 21.5. The Labute approximate surface area is 198 Å². The number of para-hydroxylation sites is 1. The van der Waals surface area contributed by atoms with Crippen LogP contribution < -0.4 is 25.0 Å². The quantitative estimate of drug-likeness (QED) is 0.152. The highest BCUT2D eigenvalue weighted by Gasteiger charge is 2.13. The van der Waals surface area contributed by atoms with Crippen molar-refractivity contribution in [3.63, 3.8) is 0 Å². The minimum atomic E-state index is -0.490. The summed E-state index contributed by atoms with van der Waals surface area (Å²) >= 11 is 5.22. The van der Waals surface area contributed by atoms with Crippen molar-refractivity contribution in [2.24, 2.45) is 5.10 Å². The molecule has 0 heterocycles. The van der Waals surface area contributed by atoms with Crippen LogP contribution in [0.15, 0.2) is 77.9 Å². The number of nitrogens with zero attached hydrogens (tertiary/aromatic N) is 1. The number of benzene rings is 3. The first-order chi connectivity index (χ1) is 16.1. The number of thiocarbonyl (C=S) groups is 1. The van der Waals surface area contributed by atoms with Gasteiger partial charge >= 0.3 is 5.97 Å². The van der Waals surface area contributed by atoms with Gasteiger partial charge in [-0.05, 0) is 78.8 Å². The van der Waals surface area contributed by atoms with Crippen molar-refractivity contribution in [2.75, 3.05) is 19.0 Å². The molecule has 3 aromatic rings. The van der Waals surface area contributed by atoms with E-state index in [1.54, 1.807) is 48.7 Å². The third kappa shape index (κ3) is 7.33. The molecule has 8 heteroatoms. The Hall–Kier alpha value is -3.91. The van der Waals surface area contributed by atoms with Crippen LogP contribution in [0, 0.1) is 0 Å². The monoisotopic (exact) mass is 463 g/mol. The maximum Gasteiger partial charge on any atom is 0.343 e.